The van der Waals surface area contributed by atoms with E-state index >= 15 is 0 Å². The second-order valence-electron chi connectivity index (χ2n) is 2.38. The Labute approximate surface area is 73.0 Å². The van der Waals surface area contributed by atoms with Crippen molar-refractivity contribution in [2.24, 2.45) is 0 Å². The summed E-state index contributed by atoms with van der Waals surface area (Å²) in [6.45, 7) is 0. The number of rotatable bonds is 2. The zero-order valence-electron chi connectivity index (χ0n) is 5.90. The van der Waals surface area contributed by atoms with E-state index in [1.165, 1.54) is 10.8 Å². The molecule has 0 amide bonds. The Morgan fingerprint density at radius 3 is 2.82 bits per heavy atom. The Bertz CT molecular complexity index is 145. The molecule has 2 atom stereocenters. The third kappa shape index (κ3) is 2.57. The summed E-state index contributed by atoms with van der Waals surface area (Å²) in [5.41, 5.74) is 0. The normalized spacial score (nSPS) is 27.9. The van der Waals surface area contributed by atoms with Crippen molar-refractivity contribution in [3.8, 4) is 0 Å². The van der Waals surface area contributed by atoms with Crippen LogP contribution in [0.25, 0.3) is 0 Å². The molecule has 0 radical (unpaired) electrons. The van der Waals surface area contributed by atoms with Crippen LogP contribution in [0.1, 0.15) is 12.8 Å². The molecule has 11 heavy (non-hydrogen) atoms. The van der Waals surface area contributed by atoms with Crippen LogP contribution in [-0.4, -0.2) is 33.3 Å². The standard InChI is InChI=1S/C6H10O3S2/c7-5(6(8)9)4-2-1-3-10-11-4/h4-5,7H,1-3H2,(H,8,9). The fraction of sp³-hybridized carbons (Fsp3) is 0.833. The van der Waals surface area contributed by atoms with Gasteiger partial charge in [0.05, 0.1) is 5.25 Å². The Balaban J connectivity index is 2.38. The summed E-state index contributed by atoms with van der Waals surface area (Å²) in [5.74, 6) is -0.0435. The van der Waals surface area contributed by atoms with Gasteiger partial charge in [0, 0.05) is 5.75 Å². The van der Waals surface area contributed by atoms with E-state index in [1.807, 2.05) is 0 Å². The molecular formula is C6H10O3S2. The quantitative estimate of drug-likeness (QED) is 0.642. The number of carboxylic acids is 1. The lowest BCUT2D eigenvalue weighted by Gasteiger charge is -2.22. The van der Waals surface area contributed by atoms with Gasteiger partial charge in [0.25, 0.3) is 0 Å². The molecule has 1 aliphatic rings. The SMILES string of the molecule is O=C(O)C(O)C1CCCSS1. The van der Waals surface area contributed by atoms with Gasteiger partial charge in [-0.1, -0.05) is 21.6 Å². The molecule has 0 aliphatic carbocycles. The van der Waals surface area contributed by atoms with Gasteiger partial charge in [-0.15, -0.1) is 0 Å². The van der Waals surface area contributed by atoms with Crippen LogP contribution in [0.4, 0.5) is 0 Å². The Morgan fingerprint density at radius 1 is 1.64 bits per heavy atom. The molecule has 0 aromatic rings. The molecule has 0 saturated carbocycles. The molecule has 1 fully saturated rings. The van der Waals surface area contributed by atoms with Crippen molar-refractivity contribution in [3.63, 3.8) is 0 Å². The van der Waals surface area contributed by atoms with Crippen molar-refractivity contribution in [3.05, 3.63) is 0 Å². The lowest BCUT2D eigenvalue weighted by molar-refractivity contribution is -0.146. The summed E-state index contributed by atoms with van der Waals surface area (Å²) in [6.07, 6.45) is 0.630. The van der Waals surface area contributed by atoms with Gasteiger partial charge in [0.15, 0.2) is 6.10 Å². The molecule has 1 heterocycles. The van der Waals surface area contributed by atoms with E-state index in [-0.39, 0.29) is 5.25 Å². The summed E-state index contributed by atoms with van der Waals surface area (Å²) >= 11 is 0. The van der Waals surface area contributed by atoms with E-state index in [9.17, 15) is 4.79 Å². The first-order chi connectivity index (χ1) is 5.22. The van der Waals surface area contributed by atoms with E-state index in [2.05, 4.69) is 0 Å². The van der Waals surface area contributed by atoms with E-state index in [0.717, 1.165) is 18.6 Å². The lowest BCUT2D eigenvalue weighted by Crippen LogP contribution is -2.32. The summed E-state index contributed by atoms with van der Waals surface area (Å²) < 4.78 is 0. The zero-order chi connectivity index (χ0) is 8.27. The number of aliphatic hydroxyl groups excluding tert-OH is 1. The van der Waals surface area contributed by atoms with Crippen LogP contribution >= 0.6 is 21.6 Å². The summed E-state index contributed by atoms with van der Waals surface area (Å²) in [7, 11) is 3.13. The predicted molar refractivity (Wildman–Crippen MR) is 46.7 cm³/mol. The van der Waals surface area contributed by atoms with Crippen LogP contribution in [-0.2, 0) is 4.79 Å². The summed E-state index contributed by atoms with van der Waals surface area (Å²) in [5, 5.41) is 17.5. The number of hydrogen-bond acceptors (Lipinski definition) is 4. The molecule has 3 nitrogen and oxygen atoms in total. The van der Waals surface area contributed by atoms with Crippen molar-refractivity contribution >= 4 is 27.6 Å². The smallest absolute Gasteiger partial charge is 0.333 e. The lowest BCUT2D eigenvalue weighted by atomic mass is 10.1. The molecule has 2 unspecified atom stereocenters. The number of carboxylic acid groups (broad SMARTS) is 1. The van der Waals surface area contributed by atoms with Crippen LogP contribution in [0.3, 0.4) is 0 Å². The maximum atomic E-state index is 10.3. The average molecular weight is 194 g/mol. The summed E-state index contributed by atoms with van der Waals surface area (Å²) in [6, 6.07) is 0. The molecule has 5 heteroatoms. The van der Waals surface area contributed by atoms with Crippen LogP contribution in [0.2, 0.25) is 0 Å². The van der Waals surface area contributed by atoms with E-state index < -0.39 is 12.1 Å². The molecule has 0 spiro atoms. The summed E-state index contributed by atoms with van der Waals surface area (Å²) in [4.78, 5) is 10.3. The average Bonchev–Trinajstić information content (AvgIpc) is 2.05. The monoisotopic (exact) mass is 194 g/mol. The van der Waals surface area contributed by atoms with Crippen LogP contribution < -0.4 is 0 Å². The van der Waals surface area contributed by atoms with Crippen LogP contribution in [0, 0.1) is 0 Å². The first-order valence-corrected chi connectivity index (χ1v) is 5.79. The Hall–Kier alpha value is 0.130. The number of carbonyl (C=O) groups is 1. The van der Waals surface area contributed by atoms with Gasteiger partial charge in [-0.3, -0.25) is 0 Å². The van der Waals surface area contributed by atoms with Gasteiger partial charge in [0.2, 0.25) is 0 Å². The minimum Gasteiger partial charge on any atom is -0.479 e. The molecule has 1 rings (SSSR count). The third-order valence-corrected chi connectivity index (χ3v) is 4.50. The molecule has 0 aromatic heterocycles. The van der Waals surface area contributed by atoms with Gasteiger partial charge >= 0.3 is 5.97 Å². The number of hydrogen-bond donors (Lipinski definition) is 2. The molecule has 64 valence electrons. The second kappa shape index (κ2) is 4.23. The van der Waals surface area contributed by atoms with E-state index in [1.54, 1.807) is 10.8 Å². The topological polar surface area (TPSA) is 57.5 Å². The van der Waals surface area contributed by atoms with E-state index in [0.29, 0.717) is 0 Å². The number of aliphatic carboxylic acids is 1. The highest BCUT2D eigenvalue weighted by Gasteiger charge is 2.27. The zero-order valence-corrected chi connectivity index (χ0v) is 7.53. The van der Waals surface area contributed by atoms with Crippen molar-refractivity contribution in [1.29, 1.82) is 0 Å². The highest BCUT2D eigenvalue weighted by Crippen LogP contribution is 2.37. The third-order valence-electron chi connectivity index (χ3n) is 1.51. The van der Waals surface area contributed by atoms with Gasteiger partial charge in [-0.2, -0.15) is 0 Å². The van der Waals surface area contributed by atoms with Gasteiger partial charge < -0.3 is 10.2 Å². The van der Waals surface area contributed by atoms with E-state index in [4.69, 9.17) is 10.2 Å². The minimum atomic E-state index is -1.19. The number of aliphatic hydroxyl groups is 1. The molecule has 1 aliphatic heterocycles. The first-order valence-electron chi connectivity index (χ1n) is 3.41. The Morgan fingerprint density at radius 2 is 2.36 bits per heavy atom. The maximum Gasteiger partial charge on any atom is 0.333 e. The largest absolute Gasteiger partial charge is 0.479 e. The molecule has 1 saturated heterocycles. The van der Waals surface area contributed by atoms with Crippen molar-refractivity contribution in [1.82, 2.24) is 0 Å². The molecular weight excluding hydrogens is 184 g/mol. The fourth-order valence-corrected chi connectivity index (χ4v) is 3.71. The van der Waals surface area contributed by atoms with Crippen LogP contribution in [0.15, 0.2) is 0 Å². The first kappa shape index (κ1) is 9.22. The molecule has 2 N–H and O–H groups in total. The second-order valence-corrected chi connectivity index (χ2v) is 5.11. The molecule has 0 bridgehead atoms. The highest BCUT2D eigenvalue weighted by molar-refractivity contribution is 8.77. The van der Waals surface area contributed by atoms with Crippen LogP contribution in [0.5, 0.6) is 0 Å². The van der Waals surface area contributed by atoms with Gasteiger partial charge in [-0.25, -0.2) is 4.79 Å². The predicted octanol–water partition coefficient (Wildman–Crippen LogP) is 0.976. The Kier molecular flexibility index (Phi) is 3.54. The highest BCUT2D eigenvalue weighted by atomic mass is 33.1. The van der Waals surface area contributed by atoms with Gasteiger partial charge in [0.1, 0.15) is 0 Å². The van der Waals surface area contributed by atoms with Crippen molar-refractivity contribution < 1.29 is 15.0 Å². The van der Waals surface area contributed by atoms with Crippen molar-refractivity contribution in [2.45, 2.75) is 24.2 Å². The maximum absolute atomic E-state index is 10.3. The van der Waals surface area contributed by atoms with Gasteiger partial charge in [-0.05, 0) is 12.8 Å². The molecule has 0 aromatic carbocycles. The van der Waals surface area contributed by atoms with Crippen molar-refractivity contribution in [2.75, 3.05) is 5.75 Å². The minimum absolute atomic E-state index is 0.119. The fourth-order valence-electron chi connectivity index (χ4n) is 0.897.